The molecule has 85 heavy (non-hydrogen) atoms. The van der Waals surface area contributed by atoms with Gasteiger partial charge in [0.05, 0.1) is 0 Å². The van der Waals surface area contributed by atoms with Gasteiger partial charge in [-0.3, -0.25) is 0 Å². The zero-order valence-electron chi connectivity index (χ0n) is 58.9. The van der Waals surface area contributed by atoms with E-state index in [0.29, 0.717) is 25.9 Å². The molecule has 0 N–H and O–H groups in total. The van der Waals surface area contributed by atoms with E-state index < -0.39 is 0 Å². The van der Waals surface area contributed by atoms with Crippen molar-refractivity contribution >= 4 is 175 Å². The Balaban J connectivity index is -0.000000171. The van der Waals surface area contributed by atoms with Gasteiger partial charge in [0.1, 0.15) is 0 Å². The molecule has 0 bridgehead atoms. The molecule has 0 heterocycles. The molecular formula is C66H132MoN6S12. The molecule has 0 aliphatic heterocycles. The van der Waals surface area contributed by atoms with Crippen LogP contribution in [0.2, 0.25) is 0 Å². The van der Waals surface area contributed by atoms with Crippen LogP contribution in [-0.4, -0.2) is 134 Å². The summed E-state index contributed by atoms with van der Waals surface area (Å²) in [6.45, 7) is 65.7. The predicted octanol–water partition coefficient (Wildman–Crippen LogP) is 19.3. The van der Waals surface area contributed by atoms with Gasteiger partial charge in [-0.2, -0.15) is 0 Å². The molecule has 0 aliphatic rings. The van der Waals surface area contributed by atoms with Crippen molar-refractivity contribution in [3.63, 3.8) is 0 Å². The summed E-state index contributed by atoms with van der Waals surface area (Å²) < 4.78 is 3.79. The van der Waals surface area contributed by atoms with Crippen LogP contribution in [0.5, 0.6) is 0 Å². The maximum atomic E-state index is 5.06. The molecule has 504 valence electrons. The largest absolute Gasteiger partial charge is 6.00 e. The summed E-state index contributed by atoms with van der Waals surface area (Å²) in [6.07, 6.45) is 14.1. The smallest absolute Gasteiger partial charge is 0.411 e. The van der Waals surface area contributed by atoms with Crippen molar-refractivity contribution in [2.45, 2.75) is 243 Å². The fourth-order valence-electron chi connectivity index (χ4n) is 6.73. The van der Waals surface area contributed by atoms with Crippen LogP contribution in [0, 0.1) is 71.0 Å². The minimum atomic E-state index is 0. The van der Waals surface area contributed by atoms with E-state index in [1.165, 1.54) is 77.0 Å². The number of rotatable bonds is 36. The number of hydrogen-bond acceptors (Lipinski definition) is 12. The Kier molecular flexibility index (Phi) is 75.3. The Labute approximate surface area is 612 Å². The Morgan fingerprint density at radius 3 is 0.282 bits per heavy atom. The summed E-state index contributed by atoms with van der Waals surface area (Å²) in [4.78, 5) is 12.9. The molecule has 0 saturated carbocycles. The first-order valence-electron chi connectivity index (χ1n) is 32.3. The van der Waals surface area contributed by atoms with Crippen LogP contribution in [0.1, 0.15) is 243 Å². The van der Waals surface area contributed by atoms with Gasteiger partial charge in [0.25, 0.3) is 0 Å². The average Bonchev–Trinajstić information content (AvgIpc) is 3.33. The maximum Gasteiger partial charge on any atom is 6.00 e. The number of nitrogens with zero attached hydrogens (tertiary/aromatic N) is 6. The van der Waals surface area contributed by atoms with Gasteiger partial charge in [-0.15, -0.1) is 0 Å². The van der Waals surface area contributed by atoms with Crippen LogP contribution in [0.4, 0.5) is 0 Å². The molecule has 6 nitrogen and oxygen atoms in total. The molecular weight excluding hydrogens is 1360 g/mol. The van der Waals surface area contributed by atoms with Crippen molar-refractivity contribution in [1.29, 1.82) is 0 Å². The van der Waals surface area contributed by atoms with Crippen LogP contribution in [-0.2, 0) is 96.8 Å². The zero-order valence-corrected chi connectivity index (χ0v) is 70.7. The molecule has 19 heteroatoms. The maximum absolute atomic E-state index is 5.06. The molecule has 0 aromatic carbocycles. The van der Waals surface area contributed by atoms with Gasteiger partial charge >= 0.3 is 21.1 Å². The normalized spacial score (nSPS) is 10.9. The number of thiocarbonyl (C=S) groups is 6. The van der Waals surface area contributed by atoms with Gasteiger partial charge in [-0.25, -0.2) is 0 Å². The molecule has 0 radical (unpaired) electrons. The summed E-state index contributed by atoms with van der Waals surface area (Å²) in [5, 5.41) is 0. The molecule has 0 spiro atoms. The Morgan fingerprint density at radius 1 is 0.188 bits per heavy atom. The van der Waals surface area contributed by atoms with E-state index in [0.717, 1.165) is 150 Å². The van der Waals surface area contributed by atoms with Crippen LogP contribution in [0.3, 0.4) is 0 Å². The van der Waals surface area contributed by atoms with E-state index in [-0.39, 0.29) is 21.1 Å². The molecule has 0 aromatic heterocycles. The summed E-state index contributed by atoms with van der Waals surface area (Å²) in [5.74, 6) is 8.68. The van der Waals surface area contributed by atoms with Crippen LogP contribution in [0.15, 0.2) is 0 Å². The van der Waals surface area contributed by atoms with Gasteiger partial charge in [-0.05, 0) is 148 Å². The van der Waals surface area contributed by atoms with Crippen LogP contribution < -0.4 is 0 Å². The second kappa shape index (κ2) is 64.1. The fourth-order valence-corrected chi connectivity index (χ4v) is 8.93. The van der Waals surface area contributed by atoms with E-state index in [2.05, 4.69) is 196 Å². The summed E-state index contributed by atoms with van der Waals surface area (Å²) in [7, 11) is 0. The monoisotopic (exact) mass is 1490 g/mol. The fraction of sp³-hybridized carbons (Fsp3) is 0.909. The Bertz CT molecular complexity index is 1230. The van der Waals surface area contributed by atoms with Gasteiger partial charge < -0.3 is 178 Å². The van der Waals surface area contributed by atoms with E-state index >= 15 is 0 Å². The first kappa shape index (κ1) is 99.9. The van der Waals surface area contributed by atoms with Crippen LogP contribution in [0.25, 0.3) is 0 Å². The molecule has 0 aromatic rings. The standard InChI is InChI=1S/6C11H23NS2.Mo/c6*1-9(2)5-7-12(11(13)14)8-6-10(3)4;/h6*9-10H,5-8H2,1-4H3,(H,13,14);/q;;;;;;+6/p-6. The first-order valence-corrected chi connectivity index (χ1v) is 37.2. The molecule has 0 saturated heterocycles. The minimum absolute atomic E-state index is 0. The van der Waals surface area contributed by atoms with Crippen molar-refractivity contribution in [2.24, 2.45) is 71.0 Å². The third kappa shape index (κ3) is 81.4. The second-order valence-corrected chi connectivity index (χ2v) is 33.9. The van der Waals surface area contributed by atoms with E-state index in [9.17, 15) is 0 Å². The van der Waals surface area contributed by atoms with Gasteiger partial charge in [0.15, 0.2) is 0 Å². The second-order valence-electron chi connectivity index (χ2n) is 27.7. The van der Waals surface area contributed by atoms with Gasteiger partial charge in [0.2, 0.25) is 0 Å². The Morgan fingerprint density at radius 2 is 0.247 bits per heavy atom. The zero-order chi connectivity index (χ0) is 66.8. The summed E-state index contributed by atoms with van der Waals surface area (Å²) >= 11 is 60.7. The minimum Gasteiger partial charge on any atom is -0.411 e. The third-order valence-electron chi connectivity index (χ3n) is 13.3. The van der Waals surface area contributed by atoms with Crippen molar-refractivity contribution in [2.75, 3.05) is 78.5 Å². The molecule has 0 amide bonds. The summed E-state index contributed by atoms with van der Waals surface area (Å²) in [6, 6.07) is 0. The SMILES string of the molecule is CC(C)CCN(CCC(C)C)C(=S)[S-].CC(C)CCN(CCC(C)C)C(=S)[S-].CC(C)CCN(CCC(C)C)C(=S)[S-].CC(C)CCN(CCC(C)C)C(=S)[S-].CC(C)CCN(CCC(C)C)C(=S)[S-].CC(C)CCN(CCC(C)C)C(=S)[S-].[Mo+6]. The molecule has 0 aliphatic carbocycles. The van der Waals surface area contributed by atoms with E-state index in [1.807, 2.05) is 0 Å². The van der Waals surface area contributed by atoms with Gasteiger partial charge in [0, 0.05) is 78.5 Å². The predicted molar refractivity (Wildman–Crippen MR) is 423 cm³/mol. The molecule has 0 rings (SSSR count). The third-order valence-corrected chi connectivity index (χ3v) is 16.4. The van der Waals surface area contributed by atoms with E-state index in [1.54, 1.807) is 0 Å². The van der Waals surface area contributed by atoms with Crippen molar-refractivity contribution < 1.29 is 21.1 Å². The van der Waals surface area contributed by atoms with Crippen molar-refractivity contribution in [3.05, 3.63) is 0 Å². The van der Waals surface area contributed by atoms with Gasteiger partial charge in [-0.1, -0.05) is 192 Å². The van der Waals surface area contributed by atoms with E-state index in [4.69, 9.17) is 149 Å². The molecule has 0 atom stereocenters. The quantitative estimate of drug-likeness (QED) is 0.0337. The number of hydrogen-bond donors (Lipinski definition) is 0. The van der Waals surface area contributed by atoms with Crippen molar-refractivity contribution in [1.82, 2.24) is 29.4 Å². The van der Waals surface area contributed by atoms with Crippen LogP contribution >= 0.6 is 73.3 Å². The molecule has 0 unspecified atom stereocenters. The topological polar surface area (TPSA) is 19.4 Å². The first-order chi connectivity index (χ1) is 38.6. The average molecular weight is 1490 g/mol. The summed E-state index contributed by atoms with van der Waals surface area (Å²) in [5.41, 5.74) is 0. The van der Waals surface area contributed by atoms with Crippen molar-refractivity contribution in [3.8, 4) is 0 Å². The molecule has 0 fully saturated rings. The Hall–Kier alpha value is 1.35.